The summed E-state index contributed by atoms with van der Waals surface area (Å²) in [6, 6.07) is -0.563. The van der Waals surface area contributed by atoms with Crippen LogP contribution in [0.5, 0.6) is 0 Å². The van der Waals surface area contributed by atoms with Crippen molar-refractivity contribution in [1.29, 1.82) is 0 Å². The average Bonchev–Trinajstić information content (AvgIpc) is 2.94. The van der Waals surface area contributed by atoms with Crippen LogP contribution in [0.2, 0.25) is 0 Å². The summed E-state index contributed by atoms with van der Waals surface area (Å²) < 4.78 is 1.33. The Morgan fingerprint density at radius 2 is 2.21 bits per heavy atom. The first kappa shape index (κ1) is 12.2. The number of hydrogen-bond acceptors (Lipinski definition) is 7. The van der Waals surface area contributed by atoms with E-state index in [1.807, 2.05) is 0 Å². The molecule has 0 spiro atoms. The summed E-state index contributed by atoms with van der Waals surface area (Å²) in [5.41, 5.74) is -0.0850. The second kappa shape index (κ2) is 4.37. The van der Waals surface area contributed by atoms with Crippen molar-refractivity contribution in [3.63, 3.8) is 0 Å². The zero-order valence-corrected chi connectivity index (χ0v) is 9.84. The predicted octanol–water partition coefficient (Wildman–Crippen LogP) is -2.21. The zero-order valence-electron chi connectivity index (χ0n) is 9.84. The Kier molecular flexibility index (Phi) is 2.81. The Bertz CT molecular complexity index is 653. The molecule has 19 heavy (non-hydrogen) atoms. The van der Waals surface area contributed by atoms with Gasteiger partial charge in [0.05, 0.1) is 18.5 Å². The molecule has 2 heterocycles. The molecule has 3 rings (SSSR count). The van der Waals surface area contributed by atoms with E-state index in [0.29, 0.717) is 6.42 Å². The molecule has 4 N–H and O–H groups in total. The highest BCUT2D eigenvalue weighted by molar-refractivity contribution is 5.67. The number of rotatable bonds is 2. The molecule has 0 saturated heterocycles. The number of fused-ring (bicyclic) bond motifs is 1. The number of aliphatic hydroxyl groups is 3. The van der Waals surface area contributed by atoms with Gasteiger partial charge in [0, 0.05) is 12.5 Å². The van der Waals surface area contributed by atoms with Gasteiger partial charge in [-0.3, -0.25) is 4.79 Å². The molecule has 0 aromatic carbocycles. The molecule has 1 saturated carbocycles. The fraction of sp³-hybridized carbons (Fsp3) is 0.600. The summed E-state index contributed by atoms with van der Waals surface area (Å²) in [4.78, 5) is 17.9. The first-order valence-electron chi connectivity index (χ1n) is 5.89. The molecule has 1 aliphatic carbocycles. The van der Waals surface area contributed by atoms with Crippen molar-refractivity contribution in [2.45, 2.75) is 24.7 Å². The normalized spacial score (nSPS) is 31.1. The highest BCUT2D eigenvalue weighted by Gasteiger charge is 2.43. The maximum Gasteiger partial charge on any atom is 0.280 e. The van der Waals surface area contributed by atoms with E-state index in [4.69, 9.17) is 5.11 Å². The number of hydrogen-bond donors (Lipinski definition) is 4. The molecule has 1 aliphatic rings. The predicted molar refractivity (Wildman–Crippen MR) is 62.2 cm³/mol. The minimum atomic E-state index is -1.08. The summed E-state index contributed by atoms with van der Waals surface area (Å²) in [7, 11) is 0. The van der Waals surface area contributed by atoms with Crippen LogP contribution in [0.15, 0.2) is 11.1 Å². The van der Waals surface area contributed by atoms with Crippen LogP contribution in [0, 0.1) is 5.92 Å². The minimum Gasteiger partial charge on any atom is -0.396 e. The number of aromatic amines is 1. The molecule has 4 atom stereocenters. The van der Waals surface area contributed by atoms with Crippen LogP contribution in [-0.4, -0.2) is 59.1 Å². The third-order valence-electron chi connectivity index (χ3n) is 3.59. The maximum absolute atomic E-state index is 11.5. The summed E-state index contributed by atoms with van der Waals surface area (Å²) in [6.07, 6.45) is -0.545. The molecule has 0 aliphatic heterocycles. The number of H-pyrrole nitrogens is 1. The Labute approximate surface area is 106 Å². The highest BCUT2D eigenvalue weighted by Crippen LogP contribution is 2.35. The molecule has 9 heteroatoms. The molecular weight excluding hydrogens is 254 g/mol. The van der Waals surface area contributed by atoms with Gasteiger partial charge < -0.3 is 20.3 Å². The molecule has 0 bridgehead atoms. The molecular formula is C10H13N5O4. The van der Waals surface area contributed by atoms with Crippen LogP contribution in [0.3, 0.4) is 0 Å². The van der Waals surface area contributed by atoms with Crippen molar-refractivity contribution in [3.05, 3.63) is 16.7 Å². The van der Waals surface area contributed by atoms with Gasteiger partial charge in [-0.15, -0.1) is 5.10 Å². The van der Waals surface area contributed by atoms with Crippen LogP contribution in [0.25, 0.3) is 11.2 Å². The van der Waals surface area contributed by atoms with Gasteiger partial charge in [-0.05, 0) is 6.42 Å². The Morgan fingerprint density at radius 3 is 2.89 bits per heavy atom. The third kappa shape index (κ3) is 1.74. The number of aliphatic hydroxyl groups excluding tert-OH is 3. The molecule has 102 valence electrons. The van der Waals surface area contributed by atoms with E-state index in [2.05, 4.69) is 20.3 Å². The van der Waals surface area contributed by atoms with E-state index in [1.165, 1.54) is 11.0 Å². The maximum atomic E-state index is 11.5. The van der Waals surface area contributed by atoms with Gasteiger partial charge in [0.2, 0.25) is 0 Å². The van der Waals surface area contributed by atoms with Crippen LogP contribution in [0.1, 0.15) is 12.5 Å². The molecule has 2 aromatic rings. The van der Waals surface area contributed by atoms with Crippen molar-refractivity contribution in [1.82, 2.24) is 25.0 Å². The van der Waals surface area contributed by atoms with Crippen molar-refractivity contribution in [2.75, 3.05) is 6.61 Å². The Hall–Kier alpha value is -1.84. The van der Waals surface area contributed by atoms with Crippen LogP contribution >= 0.6 is 0 Å². The van der Waals surface area contributed by atoms with Crippen molar-refractivity contribution < 1.29 is 15.3 Å². The summed E-state index contributed by atoms with van der Waals surface area (Å²) in [5.74, 6) is -0.429. The van der Waals surface area contributed by atoms with E-state index < -0.39 is 29.7 Å². The lowest BCUT2D eigenvalue weighted by molar-refractivity contribution is -0.00511. The first-order chi connectivity index (χ1) is 9.13. The molecule has 0 radical (unpaired) electrons. The highest BCUT2D eigenvalue weighted by atomic mass is 16.3. The number of aromatic nitrogens is 5. The molecule has 2 aromatic heterocycles. The van der Waals surface area contributed by atoms with Crippen LogP contribution < -0.4 is 5.56 Å². The van der Waals surface area contributed by atoms with Gasteiger partial charge in [-0.25, -0.2) is 9.67 Å². The number of nitrogens with one attached hydrogen (secondary N) is 1. The third-order valence-corrected chi connectivity index (χ3v) is 3.59. The topological polar surface area (TPSA) is 137 Å². The zero-order chi connectivity index (χ0) is 13.6. The van der Waals surface area contributed by atoms with Crippen molar-refractivity contribution in [3.8, 4) is 0 Å². The van der Waals surface area contributed by atoms with E-state index >= 15 is 0 Å². The molecule has 0 amide bonds. The fourth-order valence-electron chi connectivity index (χ4n) is 2.52. The monoisotopic (exact) mass is 267 g/mol. The molecule has 0 unspecified atom stereocenters. The van der Waals surface area contributed by atoms with E-state index in [0.717, 1.165) is 0 Å². The summed E-state index contributed by atoms with van der Waals surface area (Å²) >= 11 is 0. The molecule has 9 nitrogen and oxygen atoms in total. The lowest BCUT2D eigenvalue weighted by Gasteiger charge is -2.16. The van der Waals surface area contributed by atoms with Crippen molar-refractivity contribution >= 4 is 11.2 Å². The van der Waals surface area contributed by atoms with Gasteiger partial charge in [-0.2, -0.15) is 0 Å². The average molecular weight is 267 g/mol. The molecule has 1 fully saturated rings. The van der Waals surface area contributed by atoms with Gasteiger partial charge >= 0.3 is 0 Å². The minimum absolute atomic E-state index is 0.0802. The lowest BCUT2D eigenvalue weighted by Crippen LogP contribution is -2.30. The standard InChI is InChI=1S/C10H13N5O4/c16-2-4-1-5(8(18)7(4)17)15-9-6(13-14-15)10(19)12-3-11-9/h3-5,7-8,16-18H,1-2H2,(H,11,12,19)/t4-,5-,7-,8+/m1/s1. The van der Waals surface area contributed by atoms with Gasteiger partial charge in [-0.1, -0.05) is 5.21 Å². The van der Waals surface area contributed by atoms with E-state index in [1.54, 1.807) is 0 Å². The first-order valence-corrected chi connectivity index (χ1v) is 5.89. The smallest absolute Gasteiger partial charge is 0.280 e. The quantitative estimate of drug-likeness (QED) is 0.484. The van der Waals surface area contributed by atoms with Crippen LogP contribution in [0.4, 0.5) is 0 Å². The SMILES string of the molecule is O=c1[nH]cnc2c1nnn2[C@@H]1C[C@H](CO)[C@@H](O)[C@H]1O. The van der Waals surface area contributed by atoms with Crippen LogP contribution in [-0.2, 0) is 0 Å². The van der Waals surface area contributed by atoms with E-state index in [9.17, 15) is 15.0 Å². The van der Waals surface area contributed by atoms with Gasteiger partial charge in [0.15, 0.2) is 11.2 Å². The second-order valence-corrected chi connectivity index (χ2v) is 4.66. The second-order valence-electron chi connectivity index (χ2n) is 4.66. The fourth-order valence-corrected chi connectivity index (χ4v) is 2.52. The summed E-state index contributed by atoms with van der Waals surface area (Å²) in [6.45, 7) is -0.227. The van der Waals surface area contributed by atoms with Crippen molar-refractivity contribution in [2.24, 2.45) is 5.92 Å². The van der Waals surface area contributed by atoms with Gasteiger partial charge in [0.1, 0.15) is 6.10 Å². The lowest BCUT2D eigenvalue weighted by atomic mass is 10.1. The van der Waals surface area contributed by atoms with E-state index in [-0.39, 0.29) is 17.8 Å². The van der Waals surface area contributed by atoms with Gasteiger partial charge in [0.25, 0.3) is 5.56 Å². The number of nitrogens with zero attached hydrogens (tertiary/aromatic N) is 4. The Balaban J connectivity index is 2.06. The summed E-state index contributed by atoms with van der Waals surface area (Å²) in [5, 5.41) is 36.5. The Morgan fingerprint density at radius 1 is 1.42 bits per heavy atom. The largest absolute Gasteiger partial charge is 0.396 e.